The maximum atomic E-state index is 11.7. The molecule has 0 bridgehead atoms. The molecule has 126 valence electrons. The molecule has 0 radical (unpaired) electrons. The number of carbonyl (C=O) groups excluding carboxylic acids is 1. The molecule has 1 aliphatic rings. The Morgan fingerprint density at radius 2 is 2.09 bits per heavy atom. The van der Waals surface area contributed by atoms with Gasteiger partial charge in [-0.3, -0.25) is 4.79 Å². The number of halogens is 2. The van der Waals surface area contributed by atoms with Gasteiger partial charge in [-0.25, -0.2) is 0 Å². The van der Waals surface area contributed by atoms with Crippen molar-refractivity contribution in [3.63, 3.8) is 0 Å². The van der Waals surface area contributed by atoms with Crippen molar-refractivity contribution in [2.45, 2.75) is 25.7 Å². The van der Waals surface area contributed by atoms with Crippen LogP contribution in [0.1, 0.15) is 24.1 Å². The van der Waals surface area contributed by atoms with Crippen LogP contribution in [0.2, 0.25) is 0 Å². The van der Waals surface area contributed by atoms with Gasteiger partial charge in [-0.05, 0) is 53.9 Å². The molecule has 2 N–H and O–H groups in total. The van der Waals surface area contributed by atoms with Gasteiger partial charge in [0.1, 0.15) is 0 Å². The summed E-state index contributed by atoms with van der Waals surface area (Å²) in [7, 11) is 0. The Balaban J connectivity index is 0.00000242. The molecule has 1 saturated heterocycles. The topological polar surface area (TPSA) is 44.4 Å². The number of hydrogen-bond donors (Lipinski definition) is 2. The van der Waals surface area contributed by atoms with Crippen LogP contribution >= 0.6 is 39.7 Å². The second kappa shape index (κ2) is 11.4. The van der Waals surface area contributed by atoms with Crippen molar-refractivity contribution in [2.24, 2.45) is 0 Å². The lowest BCUT2D eigenvalue weighted by atomic mass is 10.2. The van der Waals surface area contributed by atoms with E-state index in [1.807, 2.05) is 0 Å². The van der Waals surface area contributed by atoms with E-state index >= 15 is 0 Å². The third kappa shape index (κ3) is 7.92. The molecule has 0 unspecified atom stereocenters. The SMILES string of the molecule is Cl.O=C(CCCc1ccc(Br)s1)NCCCN1CCNCC1. The first kappa shape index (κ1) is 19.9. The second-order valence-electron chi connectivity index (χ2n) is 5.35. The molecular weight excluding hydrogens is 386 g/mol. The molecule has 1 aromatic rings. The fourth-order valence-electron chi connectivity index (χ4n) is 2.46. The Morgan fingerprint density at radius 3 is 2.77 bits per heavy atom. The van der Waals surface area contributed by atoms with E-state index in [-0.39, 0.29) is 18.3 Å². The van der Waals surface area contributed by atoms with Crippen LogP contribution < -0.4 is 10.6 Å². The van der Waals surface area contributed by atoms with Crippen molar-refractivity contribution in [2.75, 3.05) is 39.3 Å². The van der Waals surface area contributed by atoms with Gasteiger partial charge in [-0.15, -0.1) is 23.7 Å². The molecule has 0 atom stereocenters. The predicted octanol–water partition coefficient (Wildman–Crippen LogP) is 2.67. The van der Waals surface area contributed by atoms with Crippen molar-refractivity contribution in [1.82, 2.24) is 15.5 Å². The number of rotatable bonds is 8. The van der Waals surface area contributed by atoms with Crippen molar-refractivity contribution < 1.29 is 4.79 Å². The number of hydrogen-bond acceptors (Lipinski definition) is 4. The second-order valence-corrected chi connectivity index (χ2v) is 7.90. The first-order valence-corrected chi connectivity index (χ1v) is 9.29. The van der Waals surface area contributed by atoms with Gasteiger partial charge in [-0.2, -0.15) is 0 Å². The summed E-state index contributed by atoms with van der Waals surface area (Å²) < 4.78 is 1.16. The summed E-state index contributed by atoms with van der Waals surface area (Å²) in [6, 6.07) is 4.19. The van der Waals surface area contributed by atoms with E-state index in [2.05, 4.69) is 43.6 Å². The standard InChI is InChI=1S/C15H24BrN3OS.ClH/c16-14-6-5-13(21-14)3-1-4-15(20)18-7-2-10-19-11-8-17-9-12-19;/h5-6,17H,1-4,7-12H2,(H,18,20);1H. The summed E-state index contributed by atoms with van der Waals surface area (Å²) in [5, 5.41) is 6.37. The van der Waals surface area contributed by atoms with Gasteiger partial charge in [0, 0.05) is 44.0 Å². The summed E-state index contributed by atoms with van der Waals surface area (Å²) in [5.74, 6) is 0.186. The van der Waals surface area contributed by atoms with E-state index in [4.69, 9.17) is 0 Å². The molecule has 2 rings (SSSR count). The zero-order chi connectivity index (χ0) is 14.9. The fraction of sp³-hybridized carbons (Fsp3) is 0.667. The maximum Gasteiger partial charge on any atom is 0.220 e. The van der Waals surface area contributed by atoms with Gasteiger partial charge in [0.05, 0.1) is 3.79 Å². The van der Waals surface area contributed by atoms with Crippen molar-refractivity contribution in [3.8, 4) is 0 Å². The number of thiophene rings is 1. The smallest absolute Gasteiger partial charge is 0.220 e. The van der Waals surface area contributed by atoms with Crippen molar-refractivity contribution in [3.05, 3.63) is 20.8 Å². The molecule has 0 aliphatic carbocycles. The molecule has 7 heteroatoms. The molecule has 1 aliphatic heterocycles. The third-order valence-corrected chi connectivity index (χ3v) is 5.32. The molecule has 22 heavy (non-hydrogen) atoms. The first-order chi connectivity index (χ1) is 10.2. The average molecular weight is 411 g/mol. The van der Waals surface area contributed by atoms with Crippen molar-refractivity contribution in [1.29, 1.82) is 0 Å². The summed E-state index contributed by atoms with van der Waals surface area (Å²) in [6.45, 7) is 6.32. The number of amides is 1. The monoisotopic (exact) mass is 409 g/mol. The number of aryl methyl sites for hydroxylation is 1. The molecule has 0 saturated carbocycles. The lowest BCUT2D eigenvalue weighted by molar-refractivity contribution is -0.121. The Bertz CT molecular complexity index is 438. The number of nitrogens with zero attached hydrogens (tertiary/aromatic N) is 1. The van der Waals surface area contributed by atoms with Gasteiger partial charge in [0.15, 0.2) is 0 Å². The normalized spacial score (nSPS) is 15.3. The first-order valence-electron chi connectivity index (χ1n) is 7.68. The largest absolute Gasteiger partial charge is 0.356 e. The molecule has 0 spiro atoms. The van der Waals surface area contributed by atoms with E-state index in [0.717, 1.165) is 62.3 Å². The highest BCUT2D eigenvalue weighted by Gasteiger charge is 2.08. The Labute approximate surface area is 151 Å². The number of carbonyl (C=O) groups is 1. The van der Waals surface area contributed by atoms with Gasteiger partial charge >= 0.3 is 0 Å². The van der Waals surface area contributed by atoms with Crippen LogP contribution in [-0.2, 0) is 11.2 Å². The number of nitrogens with one attached hydrogen (secondary N) is 2. The fourth-order valence-corrected chi connectivity index (χ4v) is 3.99. The molecule has 1 fully saturated rings. The summed E-state index contributed by atoms with van der Waals surface area (Å²) in [5.41, 5.74) is 0. The van der Waals surface area contributed by atoms with Gasteiger partial charge in [0.25, 0.3) is 0 Å². The molecule has 0 aromatic carbocycles. The van der Waals surface area contributed by atoms with E-state index < -0.39 is 0 Å². The molecular formula is C15H25BrClN3OS. The minimum Gasteiger partial charge on any atom is -0.356 e. The Kier molecular flexibility index (Phi) is 10.3. The van der Waals surface area contributed by atoms with Crippen molar-refractivity contribution >= 4 is 45.6 Å². The quantitative estimate of drug-likeness (QED) is 0.648. The van der Waals surface area contributed by atoms with Crippen LogP contribution in [0.3, 0.4) is 0 Å². The summed E-state index contributed by atoms with van der Waals surface area (Å²) in [4.78, 5) is 15.5. The Hall–Kier alpha value is -0.140. The van der Waals surface area contributed by atoms with E-state index in [9.17, 15) is 4.79 Å². The zero-order valence-electron chi connectivity index (χ0n) is 12.8. The molecule has 2 heterocycles. The third-order valence-electron chi connectivity index (χ3n) is 3.64. The van der Waals surface area contributed by atoms with E-state index in [1.54, 1.807) is 11.3 Å². The average Bonchev–Trinajstić information content (AvgIpc) is 2.90. The number of piperazine rings is 1. The van der Waals surface area contributed by atoms with Gasteiger partial charge in [-0.1, -0.05) is 0 Å². The highest BCUT2D eigenvalue weighted by atomic mass is 79.9. The van der Waals surface area contributed by atoms with Crippen LogP contribution in [0.25, 0.3) is 0 Å². The predicted molar refractivity (Wildman–Crippen MR) is 99.1 cm³/mol. The zero-order valence-corrected chi connectivity index (χ0v) is 16.0. The van der Waals surface area contributed by atoms with E-state index in [0.29, 0.717) is 6.42 Å². The van der Waals surface area contributed by atoms with E-state index in [1.165, 1.54) is 4.88 Å². The minimum atomic E-state index is 0. The van der Waals surface area contributed by atoms with Crippen LogP contribution in [0.4, 0.5) is 0 Å². The lowest BCUT2D eigenvalue weighted by Crippen LogP contribution is -2.44. The van der Waals surface area contributed by atoms with Crippen LogP contribution in [0.15, 0.2) is 15.9 Å². The molecule has 1 amide bonds. The van der Waals surface area contributed by atoms with Gasteiger partial charge in [0.2, 0.25) is 5.91 Å². The molecule has 4 nitrogen and oxygen atoms in total. The highest BCUT2D eigenvalue weighted by Crippen LogP contribution is 2.23. The minimum absolute atomic E-state index is 0. The van der Waals surface area contributed by atoms with Gasteiger partial charge < -0.3 is 15.5 Å². The maximum absolute atomic E-state index is 11.7. The van der Waals surface area contributed by atoms with Crippen LogP contribution in [0, 0.1) is 0 Å². The Morgan fingerprint density at radius 1 is 1.32 bits per heavy atom. The molecule has 1 aromatic heterocycles. The lowest BCUT2D eigenvalue weighted by Gasteiger charge is -2.27. The summed E-state index contributed by atoms with van der Waals surface area (Å²) in [6.07, 6.45) is 3.59. The van der Waals surface area contributed by atoms with Crippen LogP contribution in [-0.4, -0.2) is 50.1 Å². The van der Waals surface area contributed by atoms with Crippen LogP contribution in [0.5, 0.6) is 0 Å². The highest BCUT2D eigenvalue weighted by molar-refractivity contribution is 9.11. The summed E-state index contributed by atoms with van der Waals surface area (Å²) >= 11 is 5.21.